The Morgan fingerprint density at radius 1 is 1.45 bits per heavy atom. The van der Waals surface area contributed by atoms with Gasteiger partial charge in [-0.25, -0.2) is 4.98 Å². The van der Waals surface area contributed by atoms with Crippen LogP contribution in [0.25, 0.3) is 0 Å². The van der Waals surface area contributed by atoms with E-state index in [1.165, 1.54) is 19.3 Å². The van der Waals surface area contributed by atoms with Gasteiger partial charge in [-0.3, -0.25) is 4.79 Å². The van der Waals surface area contributed by atoms with Crippen LogP contribution in [-0.4, -0.2) is 46.9 Å². The minimum Gasteiger partial charge on any atom is -0.366 e. The Kier molecular flexibility index (Phi) is 5.29. The van der Waals surface area contributed by atoms with Crippen molar-refractivity contribution >= 4 is 23.5 Å². The van der Waals surface area contributed by atoms with E-state index in [4.69, 9.17) is 0 Å². The molecule has 1 aliphatic carbocycles. The molecule has 1 heterocycles. The van der Waals surface area contributed by atoms with Gasteiger partial charge in [-0.1, -0.05) is 13.3 Å². The summed E-state index contributed by atoms with van der Waals surface area (Å²) in [5.74, 6) is 2.02. The molecule has 0 saturated heterocycles. The normalized spacial score (nSPS) is 21.8. The highest BCUT2D eigenvalue weighted by molar-refractivity contribution is 7.99. The second-order valence-corrected chi connectivity index (χ2v) is 6.82. The number of carbonyl (C=O) groups is 1. The Labute approximate surface area is 125 Å². The van der Waals surface area contributed by atoms with Crippen LogP contribution in [0.5, 0.6) is 0 Å². The molecule has 1 amide bonds. The van der Waals surface area contributed by atoms with Crippen molar-refractivity contribution < 1.29 is 4.79 Å². The maximum Gasteiger partial charge on any atom is 0.254 e. The van der Waals surface area contributed by atoms with Crippen molar-refractivity contribution in [3.8, 4) is 0 Å². The number of rotatable bonds is 5. The van der Waals surface area contributed by atoms with Crippen LogP contribution in [0, 0.1) is 0 Å². The highest BCUT2D eigenvalue weighted by Crippen LogP contribution is 2.31. The number of hydrogen-bond donors (Lipinski definition) is 1. The zero-order chi connectivity index (χ0) is 14.5. The number of hydrogen-bond acceptors (Lipinski definition) is 4. The topological polar surface area (TPSA) is 45.2 Å². The number of carbonyl (C=O) groups excluding carboxylic acids is 1. The molecule has 1 aromatic heterocycles. The predicted molar refractivity (Wildman–Crippen MR) is 85.4 cm³/mol. The Balaban J connectivity index is 1.98. The van der Waals surface area contributed by atoms with Gasteiger partial charge in [0.05, 0.1) is 5.56 Å². The third-order valence-electron chi connectivity index (χ3n) is 3.58. The summed E-state index contributed by atoms with van der Waals surface area (Å²) in [5, 5.41) is 4.20. The molecular weight excluding hydrogens is 270 g/mol. The summed E-state index contributed by atoms with van der Waals surface area (Å²) in [5.41, 5.74) is 0.631. The fourth-order valence-electron chi connectivity index (χ4n) is 2.56. The quantitative estimate of drug-likeness (QED) is 0.906. The second-order valence-electron chi connectivity index (χ2n) is 5.31. The van der Waals surface area contributed by atoms with Gasteiger partial charge in [-0.2, -0.15) is 11.8 Å². The van der Waals surface area contributed by atoms with Gasteiger partial charge in [-0.05, 0) is 30.7 Å². The summed E-state index contributed by atoms with van der Waals surface area (Å²) in [4.78, 5) is 17.7. The molecule has 5 heteroatoms. The first-order valence-corrected chi connectivity index (χ1v) is 8.22. The van der Waals surface area contributed by atoms with Crippen molar-refractivity contribution in [1.82, 2.24) is 9.88 Å². The molecule has 0 bridgehead atoms. The van der Waals surface area contributed by atoms with Gasteiger partial charge in [0.25, 0.3) is 5.91 Å². The van der Waals surface area contributed by atoms with E-state index in [0.29, 0.717) is 16.9 Å². The molecule has 2 atom stereocenters. The Hall–Kier alpha value is -1.23. The molecule has 1 saturated carbocycles. The Bertz CT molecular complexity index is 447. The first-order valence-electron chi connectivity index (χ1n) is 7.17. The van der Waals surface area contributed by atoms with E-state index in [-0.39, 0.29) is 5.91 Å². The van der Waals surface area contributed by atoms with Gasteiger partial charge >= 0.3 is 0 Å². The lowest BCUT2D eigenvalue weighted by atomic mass is 10.2. The third-order valence-corrected chi connectivity index (χ3v) is 4.91. The van der Waals surface area contributed by atoms with Crippen molar-refractivity contribution in [2.45, 2.75) is 37.5 Å². The highest BCUT2D eigenvalue weighted by Gasteiger charge is 2.27. The standard InChI is InChI=1S/C15H23N3OS/c1-4-20-13-7-5-6-12(13)17-14-9-8-11(10-16-14)15(19)18(2)3/h8-10,12-13H,4-7H2,1-3H3,(H,16,17)/t12-,13-/m0/s1. The number of pyridine rings is 1. The molecule has 1 N–H and O–H groups in total. The van der Waals surface area contributed by atoms with Crippen molar-refractivity contribution in [2.24, 2.45) is 0 Å². The third kappa shape index (κ3) is 3.66. The molecule has 1 aromatic rings. The summed E-state index contributed by atoms with van der Waals surface area (Å²) in [6.07, 6.45) is 5.43. The van der Waals surface area contributed by atoms with Crippen LogP contribution >= 0.6 is 11.8 Å². The summed E-state index contributed by atoms with van der Waals surface area (Å²) in [6.45, 7) is 2.21. The van der Waals surface area contributed by atoms with Crippen LogP contribution in [0.3, 0.4) is 0 Å². The lowest BCUT2D eigenvalue weighted by Gasteiger charge is -2.20. The Morgan fingerprint density at radius 3 is 2.85 bits per heavy atom. The second kappa shape index (κ2) is 6.97. The number of nitrogens with one attached hydrogen (secondary N) is 1. The SMILES string of the molecule is CCS[C@H]1CCC[C@@H]1Nc1ccc(C(=O)N(C)C)cn1. The zero-order valence-corrected chi connectivity index (χ0v) is 13.2. The highest BCUT2D eigenvalue weighted by atomic mass is 32.2. The molecule has 0 radical (unpaired) electrons. The average Bonchev–Trinajstić information content (AvgIpc) is 2.86. The molecule has 0 aromatic carbocycles. The van der Waals surface area contributed by atoms with Crippen molar-refractivity contribution in [2.75, 3.05) is 25.2 Å². The van der Waals surface area contributed by atoms with Gasteiger partial charge in [0.15, 0.2) is 0 Å². The summed E-state index contributed by atoms with van der Waals surface area (Å²) in [7, 11) is 3.50. The van der Waals surface area contributed by atoms with Crippen LogP contribution < -0.4 is 5.32 Å². The van der Waals surface area contributed by atoms with Crippen LogP contribution in [0.15, 0.2) is 18.3 Å². The molecular formula is C15H23N3OS. The number of anilines is 1. The molecule has 2 rings (SSSR count). The zero-order valence-electron chi connectivity index (χ0n) is 12.4. The van der Waals surface area contributed by atoms with E-state index in [9.17, 15) is 4.79 Å². The van der Waals surface area contributed by atoms with Crippen LogP contribution in [0.2, 0.25) is 0 Å². The molecule has 1 fully saturated rings. The monoisotopic (exact) mass is 293 g/mol. The Morgan fingerprint density at radius 2 is 2.25 bits per heavy atom. The fourth-order valence-corrected chi connectivity index (χ4v) is 3.76. The molecule has 4 nitrogen and oxygen atoms in total. The molecule has 0 spiro atoms. The molecule has 110 valence electrons. The first-order chi connectivity index (χ1) is 9.61. The van der Waals surface area contributed by atoms with Gasteiger partial charge in [0.1, 0.15) is 5.82 Å². The lowest BCUT2D eigenvalue weighted by molar-refractivity contribution is 0.0827. The first kappa shape index (κ1) is 15.2. The lowest BCUT2D eigenvalue weighted by Crippen LogP contribution is -2.27. The number of nitrogens with zero attached hydrogens (tertiary/aromatic N) is 2. The maximum atomic E-state index is 11.8. The molecule has 1 aliphatic rings. The average molecular weight is 293 g/mol. The number of amides is 1. The molecule has 0 aliphatic heterocycles. The summed E-state index contributed by atoms with van der Waals surface area (Å²) < 4.78 is 0. The van der Waals surface area contributed by atoms with E-state index in [1.54, 1.807) is 25.2 Å². The summed E-state index contributed by atoms with van der Waals surface area (Å²) >= 11 is 2.03. The van der Waals surface area contributed by atoms with E-state index >= 15 is 0 Å². The van der Waals surface area contributed by atoms with Crippen LogP contribution in [-0.2, 0) is 0 Å². The number of aromatic nitrogens is 1. The molecule has 20 heavy (non-hydrogen) atoms. The van der Waals surface area contributed by atoms with Gasteiger partial charge < -0.3 is 10.2 Å². The molecule has 0 unspecified atom stereocenters. The predicted octanol–water partition coefficient (Wildman–Crippen LogP) is 2.87. The van der Waals surface area contributed by atoms with Gasteiger partial charge in [0, 0.05) is 31.6 Å². The minimum atomic E-state index is -0.00988. The van der Waals surface area contributed by atoms with Gasteiger partial charge in [0.2, 0.25) is 0 Å². The van der Waals surface area contributed by atoms with E-state index < -0.39 is 0 Å². The van der Waals surface area contributed by atoms with E-state index in [1.807, 2.05) is 23.9 Å². The minimum absolute atomic E-state index is 0.00988. The van der Waals surface area contributed by atoms with E-state index in [2.05, 4.69) is 17.2 Å². The largest absolute Gasteiger partial charge is 0.366 e. The summed E-state index contributed by atoms with van der Waals surface area (Å²) in [6, 6.07) is 4.25. The van der Waals surface area contributed by atoms with Crippen molar-refractivity contribution in [1.29, 1.82) is 0 Å². The van der Waals surface area contributed by atoms with Crippen LogP contribution in [0.4, 0.5) is 5.82 Å². The van der Waals surface area contributed by atoms with Crippen molar-refractivity contribution in [3.63, 3.8) is 0 Å². The van der Waals surface area contributed by atoms with Crippen molar-refractivity contribution in [3.05, 3.63) is 23.9 Å². The van der Waals surface area contributed by atoms with Crippen LogP contribution in [0.1, 0.15) is 36.5 Å². The number of thioether (sulfide) groups is 1. The fraction of sp³-hybridized carbons (Fsp3) is 0.600. The van der Waals surface area contributed by atoms with Gasteiger partial charge in [-0.15, -0.1) is 0 Å². The smallest absolute Gasteiger partial charge is 0.254 e. The van der Waals surface area contributed by atoms with E-state index in [0.717, 1.165) is 11.6 Å². The maximum absolute atomic E-state index is 11.8.